The Hall–Kier alpha value is -3.39. The molecule has 5 heterocycles. The highest BCUT2D eigenvalue weighted by Crippen LogP contribution is 2.31. The van der Waals surface area contributed by atoms with Gasteiger partial charge >= 0.3 is 0 Å². The first-order valence-electron chi connectivity index (χ1n) is 10.2. The monoisotopic (exact) mass is 429 g/mol. The lowest BCUT2D eigenvalue weighted by molar-refractivity contribution is 0.662. The first-order chi connectivity index (χ1) is 15.0. The smallest absolute Gasteiger partial charge is 0.278 e. The number of benzene rings is 1. The molecule has 4 aromatic heterocycles. The van der Waals surface area contributed by atoms with Crippen LogP contribution in [0, 0.1) is 13.8 Å². The van der Waals surface area contributed by atoms with E-state index in [-0.39, 0.29) is 11.1 Å². The molecule has 0 spiro atoms. The summed E-state index contributed by atoms with van der Waals surface area (Å²) in [7, 11) is 0. The van der Waals surface area contributed by atoms with Crippen molar-refractivity contribution in [3.05, 3.63) is 80.1 Å². The van der Waals surface area contributed by atoms with Gasteiger partial charge in [-0.2, -0.15) is 0 Å². The number of hydrogen-bond donors (Lipinski definition) is 0. The summed E-state index contributed by atoms with van der Waals surface area (Å²) >= 11 is 1.61. The van der Waals surface area contributed by atoms with E-state index in [1.807, 2.05) is 48.7 Å². The Balaban J connectivity index is 1.65. The van der Waals surface area contributed by atoms with Gasteiger partial charge in [0.1, 0.15) is 16.7 Å². The van der Waals surface area contributed by atoms with E-state index in [0.717, 1.165) is 38.6 Å². The molecule has 0 N–H and O–H groups in total. The number of nitrogens with zero attached hydrogens (tertiary/aromatic N) is 5. The minimum absolute atomic E-state index is 0.0350. The summed E-state index contributed by atoms with van der Waals surface area (Å²) in [5, 5.41) is 1.73. The summed E-state index contributed by atoms with van der Waals surface area (Å²) in [5.74, 6) is 0.855. The molecule has 6 rings (SSSR count). The first kappa shape index (κ1) is 18.4. The van der Waals surface area contributed by atoms with E-state index < -0.39 is 0 Å². The molecule has 0 amide bonds. The summed E-state index contributed by atoms with van der Waals surface area (Å²) in [5.41, 5.74) is 5.22. The van der Waals surface area contributed by atoms with Crippen molar-refractivity contribution in [2.24, 2.45) is 0 Å². The molecule has 5 aromatic rings. The van der Waals surface area contributed by atoms with Crippen molar-refractivity contribution in [1.29, 1.82) is 0 Å². The third-order valence-corrected chi connectivity index (χ3v) is 6.83. The van der Waals surface area contributed by atoms with Crippen molar-refractivity contribution in [2.75, 3.05) is 5.75 Å². The molecule has 8 heteroatoms. The Labute approximate surface area is 181 Å². The normalized spacial score (nSPS) is 13.5. The molecule has 0 fully saturated rings. The number of aromatic nitrogens is 5. The van der Waals surface area contributed by atoms with E-state index in [4.69, 9.17) is 9.97 Å². The zero-order valence-electron chi connectivity index (χ0n) is 17.1. The Kier molecular flexibility index (Phi) is 3.89. The SMILES string of the molecule is Cc1ccc2c(c1)c1nc3n(c(=O)c1n2Cc1cc(=O)n2c(C)cccc2n1)CCS3. The average molecular weight is 430 g/mol. The Morgan fingerprint density at radius 1 is 1.06 bits per heavy atom. The van der Waals surface area contributed by atoms with Gasteiger partial charge in [0.2, 0.25) is 0 Å². The van der Waals surface area contributed by atoms with Gasteiger partial charge in [0.05, 0.1) is 17.8 Å². The Morgan fingerprint density at radius 2 is 1.94 bits per heavy atom. The quantitative estimate of drug-likeness (QED) is 0.403. The fraction of sp³-hybridized carbons (Fsp3) is 0.217. The van der Waals surface area contributed by atoms with Gasteiger partial charge in [0.15, 0.2) is 5.16 Å². The standard InChI is InChI=1S/C23H19N5O2S/c1-13-6-7-17-16(10-13)20-21(22(30)26-8-9-31-23(26)25-20)27(17)12-15-11-19(29)28-14(2)4-3-5-18(28)24-15/h3-7,10-11H,8-9,12H2,1-2H3. The highest BCUT2D eigenvalue weighted by atomic mass is 32.2. The zero-order chi connectivity index (χ0) is 21.3. The van der Waals surface area contributed by atoms with Crippen LogP contribution in [-0.2, 0) is 13.1 Å². The molecule has 31 heavy (non-hydrogen) atoms. The van der Waals surface area contributed by atoms with Crippen LogP contribution in [0.3, 0.4) is 0 Å². The van der Waals surface area contributed by atoms with Gasteiger partial charge in [-0.15, -0.1) is 0 Å². The molecular weight excluding hydrogens is 410 g/mol. The summed E-state index contributed by atoms with van der Waals surface area (Å²) in [6.45, 7) is 4.91. The summed E-state index contributed by atoms with van der Waals surface area (Å²) in [6, 6.07) is 13.3. The second-order valence-corrected chi connectivity index (χ2v) is 9.01. The molecule has 7 nitrogen and oxygen atoms in total. The molecule has 154 valence electrons. The van der Waals surface area contributed by atoms with Crippen LogP contribution in [0.5, 0.6) is 0 Å². The van der Waals surface area contributed by atoms with Crippen LogP contribution in [0.15, 0.2) is 57.2 Å². The van der Waals surface area contributed by atoms with Crippen LogP contribution in [0.2, 0.25) is 0 Å². The zero-order valence-corrected chi connectivity index (χ0v) is 17.9. The molecule has 0 radical (unpaired) electrons. The fourth-order valence-electron chi connectivity index (χ4n) is 4.46. The number of thioether (sulfide) groups is 1. The van der Waals surface area contributed by atoms with Crippen molar-refractivity contribution in [3.63, 3.8) is 0 Å². The maximum Gasteiger partial charge on any atom is 0.278 e. The van der Waals surface area contributed by atoms with Crippen LogP contribution in [0.4, 0.5) is 0 Å². The number of hydrogen-bond acceptors (Lipinski definition) is 5. The van der Waals surface area contributed by atoms with E-state index in [2.05, 4.69) is 6.07 Å². The van der Waals surface area contributed by atoms with E-state index >= 15 is 0 Å². The van der Waals surface area contributed by atoms with Crippen LogP contribution in [-0.4, -0.2) is 29.3 Å². The van der Waals surface area contributed by atoms with Crippen LogP contribution < -0.4 is 11.1 Å². The van der Waals surface area contributed by atoms with E-state index in [0.29, 0.717) is 29.9 Å². The first-order valence-corrected chi connectivity index (χ1v) is 11.1. The molecule has 0 saturated heterocycles. The van der Waals surface area contributed by atoms with Gasteiger partial charge < -0.3 is 4.57 Å². The summed E-state index contributed by atoms with van der Waals surface area (Å²) < 4.78 is 5.31. The minimum Gasteiger partial charge on any atom is -0.329 e. The average Bonchev–Trinajstić information content (AvgIpc) is 3.32. The second-order valence-electron chi connectivity index (χ2n) is 7.95. The van der Waals surface area contributed by atoms with Crippen molar-refractivity contribution in [2.45, 2.75) is 32.1 Å². The van der Waals surface area contributed by atoms with E-state index in [1.54, 1.807) is 26.8 Å². The van der Waals surface area contributed by atoms with Gasteiger partial charge in [-0.1, -0.05) is 29.5 Å². The van der Waals surface area contributed by atoms with E-state index in [9.17, 15) is 9.59 Å². The van der Waals surface area contributed by atoms with Crippen LogP contribution in [0.25, 0.3) is 27.6 Å². The van der Waals surface area contributed by atoms with Crippen LogP contribution in [0.1, 0.15) is 17.0 Å². The third kappa shape index (κ3) is 2.68. The lowest BCUT2D eigenvalue weighted by Crippen LogP contribution is -2.23. The summed E-state index contributed by atoms with van der Waals surface area (Å²) in [6.07, 6.45) is 0. The lowest BCUT2D eigenvalue weighted by Gasteiger charge is -2.10. The number of aryl methyl sites for hydroxylation is 2. The molecule has 0 aliphatic carbocycles. The molecule has 1 aromatic carbocycles. The molecular formula is C23H19N5O2S. The highest BCUT2D eigenvalue weighted by molar-refractivity contribution is 7.99. The maximum absolute atomic E-state index is 13.4. The highest BCUT2D eigenvalue weighted by Gasteiger charge is 2.23. The fourth-order valence-corrected chi connectivity index (χ4v) is 5.40. The number of fused-ring (bicyclic) bond motifs is 5. The van der Waals surface area contributed by atoms with Gasteiger partial charge in [-0.05, 0) is 38.1 Å². The number of rotatable bonds is 2. The van der Waals surface area contributed by atoms with Crippen molar-refractivity contribution < 1.29 is 0 Å². The van der Waals surface area contributed by atoms with Gasteiger partial charge in [-0.25, -0.2) is 9.97 Å². The number of pyridine rings is 1. The summed E-state index contributed by atoms with van der Waals surface area (Å²) in [4.78, 5) is 35.7. The topological polar surface area (TPSA) is 74.2 Å². The predicted molar refractivity (Wildman–Crippen MR) is 122 cm³/mol. The molecule has 1 aliphatic heterocycles. The second kappa shape index (κ2) is 6.55. The van der Waals surface area contributed by atoms with Crippen molar-refractivity contribution >= 4 is 39.3 Å². The molecule has 0 atom stereocenters. The lowest BCUT2D eigenvalue weighted by atomic mass is 10.1. The van der Waals surface area contributed by atoms with Gasteiger partial charge in [0.25, 0.3) is 11.1 Å². The maximum atomic E-state index is 13.4. The van der Waals surface area contributed by atoms with Crippen LogP contribution >= 0.6 is 11.8 Å². The molecule has 0 unspecified atom stereocenters. The Bertz CT molecular complexity index is 1660. The third-order valence-electron chi connectivity index (χ3n) is 5.88. The van der Waals surface area contributed by atoms with Crippen molar-refractivity contribution in [3.8, 4) is 0 Å². The van der Waals surface area contributed by atoms with Gasteiger partial charge in [-0.3, -0.25) is 18.6 Å². The largest absolute Gasteiger partial charge is 0.329 e. The van der Waals surface area contributed by atoms with Crippen molar-refractivity contribution in [1.82, 2.24) is 23.5 Å². The molecule has 0 bridgehead atoms. The molecule has 0 saturated carbocycles. The minimum atomic E-state index is -0.123. The predicted octanol–water partition coefficient (Wildman–Crippen LogP) is 3.13. The Morgan fingerprint density at radius 3 is 2.81 bits per heavy atom. The van der Waals surface area contributed by atoms with E-state index in [1.165, 1.54) is 0 Å². The van der Waals surface area contributed by atoms with Gasteiger partial charge in [0, 0.05) is 29.4 Å². The molecule has 1 aliphatic rings.